The van der Waals surface area contributed by atoms with Crippen LogP contribution in [0.15, 0.2) is 10.5 Å². The van der Waals surface area contributed by atoms with E-state index < -0.39 is 0 Å². The SMILES string of the molecule is Cc1oc(CN2C[C@@H](C)O[C@@H](C)C2)cc1CNC(C)C. The van der Waals surface area contributed by atoms with Crippen LogP contribution in [0.1, 0.15) is 44.8 Å². The molecule has 0 spiro atoms. The molecule has 0 saturated carbocycles. The minimum Gasteiger partial charge on any atom is -0.465 e. The van der Waals surface area contributed by atoms with Crippen LogP contribution < -0.4 is 5.32 Å². The summed E-state index contributed by atoms with van der Waals surface area (Å²) in [6.45, 7) is 14.3. The Hall–Kier alpha value is -0.840. The maximum Gasteiger partial charge on any atom is 0.118 e. The standard InChI is InChI=1S/C16H28N2O2/c1-11(2)17-7-15-6-16(20-14(15)5)10-18-8-12(3)19-13(4)9-18/h6,11-13,17H,7-10H2,1-5H3/t12-,13+. The van der Waals surface area contributed by atoms with Gasteiger partial charge in [-0.2, -0.15) is 0 Å². The van der Waals surface area contributed by atoms with Crippen molar-refractivity contribution in [2.45, 2.75) is 66.0 Å². The number of aryl methyl sites for hydroxylation is 1. The molecule has 1 saturated heterocycles. The minimum absolute atomic E-state index is 0.303. The van der Waals surface area contributed by atoms with E-state index in [9.17, 15) is 0 Å². The molecule has 1 aliphatic rings. The number of nitrogens with one attached hydrogen (secondary N) is 1. The lowest BCUT2D eigenvalue weighted by molar-refractivity contribution is -0.0718. The lowest BCUT2D eigenvalue weighted by Gasteiger charge is -2.34. The molecule has 0 bridgehead atoms. The molecule has 0 aliphatic carbocycles. The second-order valence-electron chi connectivity index (χ2n) is 6.28. The van der Waals surface area contributed by atoms with E-state index in [0.29, 0.717) is 18.2 Å². The fourth-order valence-electron chi connectivity index (χ4n) is 2.79. The van der Waals surface area contributed by atoms with E-state index in [1.54, 1.807) is 0 Å². The van der Waals surface area contributed by atoms with E-state index in [0.717, 1.165) is 37.7 Å². The summed E-state index contributed by atoms with van der Waals surface area (Å²) in [6, 6.07) is 2.68. The van der Waals surface area contributed by atoms with Crippen LogP contribution in [0.4, 0.5) is 0 Å². The maximum atomic E-state index is 5.90. The van der Waals surface area contributed by atoms with E-state index in [2.05, 4.69) is 44.0 Å². The molecule has 0 amide bonds. The summed E-state index contributed by atoms with van der Waals surface area (Å²) in [4.78, 5) is 2.41. The molecule has 1 fully saturated rings. The van der Waals surface area contributed by atoms with Gasteiger partial charge in [-0.15, -0.1) is 0 Å². The Labute approximate surface area is 122 Å². The van der Waals surface area contributed by atoms with Gasteiger partial charge in [-0.05, 0) is 26.8 Å². The molecule has 2 atom stereocenters. The van der Waals surface area contributed by atoms with Crippen LogP contribution in [-0.4, -0.2) is 36.2 Å². The Morgan fingerprint density at radius 2 is 1.95 bits per heavy atom. The zero-order valence-corrected chi connectivity index (χ0v) is 13.4. The second-order valence-corrected chi connectivity index (χ2v) is 6.28. The van der Waals surface area contributed by atoms with Crippen LogP contribution in [-0.2, 0) is 17.8 Å². The highest BCUT2D eigenvalue weighted by atomic mass is 16.5. The third-order valence-corrected chi connectivity index (χ3v) is 3.65. The van der Waals surface area contributed by atoms with Crippen LogP contribution in [0.25, 0.3) is 0 Å². The summed E-state index contributed by atoms with van der Waals surface area (Å²) < 4.78 is 11.7. The number of morpholine rings is 1. The smallest absolute Gasteiger partial charge is 0.118 e. The second kappa shape index (κ2) is 6.74. The molecule has 1 aromatic heterocycles. The van der Waals surface area contributed by atoms with Gasteiger partial charge in [0.15, 0.2) is 0 Å². The summed E-state index contributed by atoms with van der Waals surface area (Å²) in [7, 11) is 0. The first kappa shape index (κ1) is 15.5. The minimum atomic E-state index is 0.303. The number of hydrogen-bond donors (Lipinski definition) is 1. The van der Waals surface area contributed by atoms with Gasteiger partial charge < -0.3 is 14.5 Å². The monoisotopic (exact) mass is 280 g/mol. The van der Waals surface area contributed by atoms with Gasteiger partial charge in [0.25, 0.3) is 0 Å². The quantitative estimate of drug-likeness (QED) is 0.900. The number of ether oxygens (including phenoxy) is 1. The summed E-state index contributed by atoms with van der Waals surface area (Å²) in [5, 5.41) is 3.44. The number of rotatable bonds is 5. The molecule has 1 N–H and O–H groups in total. The Morgan fingerprint density at radius 3 is 2.55 bits per heavy atom. The molecule has 4 nitrogen and oxygen atoms in total. The predicted molar refractivity (Wildman–Crippen MR) is 80.7 cm³/mol. The molecule has 0 radical (unpaired) electrons. The molecule has 114 valence electrons. The molecular formula is C16H28N2O2. The largest absolute Gasteiger partial charge is 0.465 e. The lowest BCUT2D eigenvalue weighted by Crippen LogP contribution is -2.44. The molecule has 0 aromatic carbocycles. The van der Waals surface area contributed by atoms with Gasteiger partial charge >= 0.3 is 0 Å². The number of nitrogens with zero attached hydrogens (tertiary/aromatic N) is 1. The number of furan rings is 1. The van der Waals surface area contributed by atoms with Crippen molar-refractivity contribution >= 4 is 0 Å². The average Bonchev–Trinajstić information content (AvgIpc) is 2.65. The zero-order chi connectivity index (χ0) is 14.7. The van der Waals surface area contributed by atoms with Gasteiger partial charge in [0.05, 0.1) is 18.8 Å². The summed E-state index contributed by atoms with van der Waals surface area (Å²) >= 11 is 0. The van der Waals surface area contributed by atoms with E-state index in [1.807, 2.05) is 6.92 Å². The molecule has 20 heavy (non-hydrogen) atoms. The van der Waals surface area contributed by atoms with Crippen LogP contribution in [0.2, 0.25) is 0 Å². The third-order valence-electron chi connectivity index (χ3n) is 3.65. The Balaban J connectivity index is 1.94. The van der Waals surface area contributed by atoms with Gasteiger partial charge in [-0.25, -0.2) is 0 Å². The first-order valence-corrected chi connectivity index (χ1v) is 7.63. The number of hydrogen-bond acceptors (Lipinski definition) is 4. The topological polar surface area (TPSA) is 37.6 Å². The highest BCUT2D eigenvalue weighted by Crippen LogP contribution is 2.19. The average molecular weight is 280 g/mol. The summed E-state index contributed by atoms with van der Waals surface area (Å²) in [5.74, 6) is 2.09. The van der Waals surface area contributed by atoms with Gasteiger partial charge in [-0.3, -0.25) is 4.90 Å². The maximum absolute atomic E-state index is 5.90. The van der Waals surface area contributed by atoms with Crippen molar-refractivity contribution in [3.63, 3.8) is 0 Å². The molecule has 2 rings (SSSR count). The van der Waals surface area contributed by atoms with E-state index >= 15 is 0 Å². The van der Waals surface area contributed by atoms with Crippen molar-refractivity contribution in [1.29, 1.82) is 0 Å². The normalized spacial score (nSPS) is 24.5. The van der Waals surface area contributed by atoms with Crippen molar-refractivity contribution in [3.05, 3.63) is 23.2 Å². The molecule has 4 heteroatoms. The van der Waals surface area contributed by atoms with Crippen molar-refractivity contribution in [2.75, 3.05) is 13.1 Å². The molecule has 1 aromatic rings. The van der Waals surface area contributed by atoms with Crippen molar-refractivity contribution in [1.82, 2.24) is 10.2 Å². The molecule has 2 heterocycles. The first-order chi connectivity index (χ1) is 9.44. The van der Waals surface area contributed by atoms with E-state index in [1.165, 1.54) is 5.56 Å². The van der Waals surface area contributed by atoms with Gasteiger partial charge in [0.2, 0.25) is 0 Å². The van der Waals surface area contributed by atoms with Crippen LogP contribution in [0.3, 0.4) is 0 Å². The van der Waals surface area contributed by atoms with Crippen molar-refractivity contribution in [3.8, 4) is 0 Å². The Bertz CT molecular complexity index is 418. The highest BCUT2D eigenvalue weighted by Gasteiger charge is 2.23. The Kier molecular flexibility index (Phi) is 5.24. The van der Waals surface area contributed by atoms with Crippen LogP contribution in [0.5, 0.6) is 0 Å². The fourth-order valence-corrected chi connectivity index (χ4v) is 2.79. The van der Waals surface area contributed by atoms with Crippen molar-refractivity contribution < 1.29 is 9.15 Å². The van der Waals surface area contributed by atoms with E-state index in [-0.39, 0.29) is 0 Å². The fraction of sp³-hybridized carbons (Fsp3) is 0.750. The van der Waals surface area contributed by atoms with E-state index in [4.69, 9.17) is 9.15 Å². The van der Waals surface area contributed by atoms with Gasteiger partial charge in [0, 0.05) is 31.2 Å². The first-order valence-electron chi connectivity index (χ1n) is 7.63. The lowest BCUT2D eigenvalue weighted by atomic mass is 10.2. The summed E-state index contributed by atoms with van der Waals surface area (Å²) in [6.07, 6.45) is 0.605. The molecular weight excluding hydrogens is 252 g/mol. The predicted octanol–water partition coefficient (Wildman–Crippen LogP) is 2.70. The van der Waals surface area contributed by atoms with Gasteiger partial charge in [0.1, 0.15) is 11.5 Å². The highest BCUT2D eigenvalue weighted by molar-refractivity contribution is 5.20. The Morgan fingerprint density at radius 1 is 1.30 bits per heavy atom. The third kappa shape index (κ3) is 4.33. The summed E-state index contributed by atoms with van der Waals surface area (Å²) in [5.41, 5.74) is 1.27. The molecule has 1 aliphatic heterocycles. The van der Waals surface area contributed by atoms with Crippen LogP contribution >= 0.6 is 0 Å². The van der Waals surface area contributed by atoms with Crippen LogP contribution in [0, 0.1) is 6.92 Å². The van der Waals surface area contributed by atoms with Gasteiger partial charge in [-0.1, -0.05) is 13.8 Å². The zero-order valence-electron chi connectivity index (χ0n) is 13.4. The van der Waals surface area contributed by atoms with Crippen molar-refractivity contribution in [2.24, 2.45) is 0 Å². The molecule has 0 unspecified atom stereocenters.